The molecule has 5 rings (SSSR count). The lowest BCUT2D eigenvalue weighted by molar-refractivity contribution is -0.138. The van der Waals surface area contributed by atoms with Crippen LogP contribution in [0.5, 0.6) is 0 Å². The number of aliphatic carboxylic acids is 1. The van der Waals surface area contributed by atoms with Gasteiger partial charge in [0.1, 0.15) is 6.10 Å². The smallest absolute Gasteiger partial charge is 0.339 e. The SMILES string of the molecule is C[C@H](CCC(=O)O)[C@H]1CC[C@H]2[C@@H]3CCC4CC(OC(=O)c5cccnc5)CC[C@]4(C)[C@H]3CC[C@]12C. The lowest BCUT2D eigenvalue weighted by atomic mass is 9.44. The average molecular weight is 482 g/mol. The van der Waals surface area contributed by atoms with E-state index in [9.17, 15) is 14.7 Å². The van der Waals surface area contributed by atoms with Crippen molar-refractivity contribution in [1.29, 1.82) is 0 Å². The highest BCUT2D eigenvalue weighted by Gasteiger charge is 2.60. The molecule has 0 aliphatic heterocycles. The van der Waals surface area contributed by atoms with Gasteiger partial charge < -0.3 is 9.84 Å². The van der Waals surface area contributed by atoms with E-state index in [-0.39, 0.29) is 12.1 Å². The molecule has 4 fully saturated rings. The Kier molecular flexibility index (Phi) is 6.74. The van der Waals surface area contributed by atoms with Gasteiger partial charge in [0.15, 0.2) is 0 Å². The molecule has 0 amide bonds. The van der Waals surface area contributed by atoms with E-state index in [4.69, 9.17) is 4.74 Å². The van der Waals surface area contributed by atoms with Gasteiger partial charge in [0, 0.05) is 18.8 Å². The highest BCUT2D eigenvalue weighted by Crippen LogP contribution is 2.68. The summed E-state index contributed by atoms with van der Waals surface area (Å²) >= 11 is 0. The monoisotopic (exact) mass is 481 g/mol. The van der Waals surface area contributed by atoms with Crippen LogP contribution < -0.4 is 0 Å². The van der Waals surface area contributed by atoms with Crippen molar-refractivity contribution in [2.24, 2.45) is 46.3 Å². The molecule has 5 heteroatoms. The first-order chi connectivity index (χ1) is 16.7. The standard InChI is InChI=1S/C30H43NO4/c1-19(6-11-27(32)33)24-9-10-25-23-8-7-21-17-22(35-28(34)20-5-4-16-31-18-20)12-14-29(21,2)26(23)13-15-30(24,25)3/h4-5,16,18-19,21-26H,6-15,17H2,1-3H3,(H,32,33)/t19-,21?,22?,23+,24-,25+,26+,29+,30-/m1/s1. The summed E-state index contributed by atoms with van der Waals surface area (Å²) in [5, 5.41) is 9.19. The van der Waals surface area contributed by atoms with Gasteiger partial charge in [-0.25, -0.2) is 4.79 Å². The van der Waals surface area contributed by atoms with Gasteiger partial charge in [-0.1, -0.05) is 20.8 Å². The Morgan fingerprint density at radius 3 is 2.60 bits per heavy atom. The Hall–Kier alpha value is -1.91. The van der Waals surface area contributed by atoms with Crippen molar-refractivity contribution in [2.75, 3.05) is 0 Å². The number of carboxylic acids is 1. The van der Waals surface area contributed by atoms with Crippen molar-refractivity contribution in [3.05, 3.63) is 30.1 Å². The second kappa shape index (κ2) is 9.52. The second-order valence-corrected chi connectivity index (χ2v) is 12.8. The molecule has 5 nitrogen and oxygen atoms in total. The molecule has 1 heterocycles. The van der Waals surface area contributed by atoms with Crippen LogP contribution in [0.15, 0.2) is 24.5 Å². The Balaban J connectivity index is 1.24. The number of esters is 1. The van der Waals surface area contributed by atoms with Crippen LogP contribution in [0.1, 0.15) is 102 Å². The minimum atomic E-state index is -0.659. The van der Waals surface area contributed by atoms with Gasteiger partial charge in [0.05, 0.1) is 5.56 Å². The predicted molar refractivity (Wildman–Crippen MR) is 135 cm³/mol. The summed E-state index contributed by atoms with van der Waals surface area (Å²) in [6, 6.07) is 3.57. The zero-order valence-electron chi connectivity index (χ0n) is 21.7. The van der Waals surface area contributed by atoms with E-state index in [0.717, 1.165) is 43.4 Å². The normalized spacial score (nSPS) is 41.2. The van der Waals surface area contributed by atoms with Crippen molar-refractivity contribution in [2.45, 2.75) is 97.5 Å². The quantitative estimate of drug-likeness (QED) is 0.454. The van der Waals surface area contributed by atoms with E-state index < -0.39 is 5.97 Å². The summed E-state index contributed by atoms with van der Waals surface area (Å²) in [5.41, 5.74) is 1.28. The molecule has 35 heavy (non-hydrogen) atoms. The summed E-state index contributed by atoms with van der Waals surface area (Å²) in [5.74, 6) is 3.28. The third-order valence-corrected chi connectivity index (χ3v) is 11.4. The van der Waals surface area contributed by atoms with Crippen LogP contribution in [-0.2, 0) is 9.53 Å². The van der Waals surface area contributed by atoms with Crippen molar-refractivity contribution >= 4 is 11.9 Å². The molecule has 0 saturated heterocycles. The zero-order chi connectivity index (χ0) is 24.8. The highest BCUT2D eigenvalue weighted by atomic mass is 16.5. The van der Waals surface area contributed by atoms with Crippen LogP contribution in [0.4, 0.5) is 0 Å². The van der Waals surface area contributed by atoms with Crippen molar-refractivity contribution in [3.63, 3.8) is 0 Å². The van der Waals surface area contributed by atoms with Gasteiger partial charge in [-0.2, -0.15) is 0 Å². The minimum absolute atomic E-state index is 0.0251. The summed E-state index contributed by atoms with van der Waals surface area (Å²) < 4.78 is 5.95. The number of carbonyl (C=O) groups excluding carboxylic acids is 1. The molecule has 0 spiro atoms. The number of fused-ring (bicyclic) bond motifs is 5. The Morgan fingerprint density at radius 2 is 1.86 bits per heavy atom. The molecule has 1 aromatic heterocycles. The number of aromatic nitrogens is 1. The van der Waals surface area contributed by atoms with Gasteiger partial charge >= 0.3 is 11.9 Å². The summed E-state index contributed by atoms with van der Waals surface area (Å²) in [6.07, 6.45) is 15.3. The molecule has 0 bridgehead atoms. The van der Waals surface area contributed by atoms with Crippen LogP contribution >= 0.6 is 0 Å². The van der Waals surface area contributed by atoms with E-state index in [0.29, 0.717) is 40.6 Å². The number of carboxylic acid groups (broad SMARTS) is 1. The third-order valence-electron chi connectivity index (χ3n) is 11.4. The number of nitrogens with zero attached hydrogens (tertiary/aromatic N) is 1. The summed E-state index contributed by atoms with van der Waals surface area (Å²) in [7, 11) is 0. The van der Waals surface area contributed by atoms with Crippen molar-refractivity contribution < 1.29 is 19.4 Å². The number of hydrogen-bond donors (Lipinski definition) is 1. The second-order valence-electron chi connectivity index (χ2n) is 12.8. The highest BCUT2D eigenvalue weighted by molar-refractivity contribution is 5.89. The maximum atomic E-state index is 12.6. The molecule has 1 N–H and O–H groups in total. The third kappa shape index (κ3) is 4.42. The molecule has 0 aromatic carbocycles. The summed E-state index contributed by atoms with van der Waals surface area (Å²) in [4.78, 5) is 27.8. The first-order valence-corrected chi connectivity index (χ1v) is 14.0. The van der Waals surface area contributed by atoms with E-state index in [1.165, 1.54) is 38.5 Å². The summed E-state index contributed by atoms with van der Waals surface area (Å²) in [6.45, 7) is 7.41. The Labute approximate surface area is 210 Å². The lowest BCUT2D eigenvalue weighted by Crippen LogP contribution is -2.54. The van der Waals surface area contributed by atoms with E-state index in [1.54, 1.807) is 24.5 Å². The molecule has 0 radical (unpaired) electrons. The van der Waals surface area contributed by atoms with Crippen LogP contribution in [0.2, 0.25) is 0 Å². The van der Waals surface area contributed by atoms with Gasteiger partial charge in [-0.3, -0.25) is 9.78 Å². The van der Waals surface area contributed by atoms with E-state index in [1.807, 2.05) is 0 Å². The van der Waals surface area contributed by atoms with E-state index in [2.05, 4.69) is 25.8 Å². The maximum absolute atomic E-state index is 12.6. The van der Waals surface area contributed by atoms with Gasteiger partial charge in [0.25, 0.3) is 0 Å². The van der Waals surface area contributed by atoms with Crippen LogP contribution in [0, 0.1) is 46.3 Å². The molecule has 4 saturated carbocycles. The predicted octanol–water partition coefficient (Wildman–Crippen LogP) is 6.77. The molecular weight excluding hydrogens is 438 g/mol. The first-order valence-electron chi connectivity index (χ1n) is 14.0. The van der Waals surface area contributed by atoms with Crippen LogP contribution in [0.25, 0.3) is 0 Å². The van der Waals surface area contributed by atoms with Gasteiger partial charge in [0.2, 0.25) is 0 Å². The molecule has 1 aromatic rings. The van der Waals surface area contributed by atoms with E-state index >= 15 is 0 Å². The number of ether oxygens (including phenoxy) is 1. The number of rotatable bonds is 6. The molecule has 192 valence electrons. The molecule has 4 aliphatic carbocycles. The fourth-order valence-electron chi connectivity index (χ4n) is 9.56. The molecule has 9 atom stereocenters. The van der Waals surface area contributed by atoms with Gasteiger partial charge in [-0.05, 0) is 123 Å². The number of pyridine rings is 1. The Morgan fingerprint density at radius 1 is 1.09 bits per heavy atom. The fourth-order valence-corrected chi connectivity index (χ4v) is 9.56. The topological polar surface area (TPSA) is 76.5 Å². The van der Waals surface area contributed by atoms with Crippen LogP contribution in [-0.4, -0.2) is 28.1 Å². The Bertz CT molecular complexity index is 934. The van der Waals surface area contributed by atoms with Gasteiger partial charge in [-0.15, -0.1) is 0 Å². The maximum Gasteiger partial charge on any atom is 0.339 e. The fraction of sp³-hybridized carbons (Fsp3) is 0.767. The van der Waals surface area contributed by atoms with Crippen molar-refractivity contribution in [3.8, 4) is 0 Å². The number of carbonyl (C=O) groups is 2. The first kappa shape index (κ1) is 24.8. The molecule has 4 aliphatic rings. The zero-order valence-corrected chi connectivity index (χ0v) is 21.7. The van der Waals surface area contributed by atoms with Crippen LogP contribution in [0.3, 0.4) is 0 Å². The molecular formula is C30H43NO4. The average Bonchev–Trinajstić information content (AvgIpc) is 3.20. The lowest BCUT2D eigenvalue weighted by Gasteiger charge is -2.61. The largest absolute Gasteiger partial charge is 0.481 e. The number of hydrogen-bond acceptors (Lipinski definition) is 4. The molecule has 2 unspecified atom stereocenters. The minimum Gasteiger partial charge on any atom is -0.481 e. The van der Waals surface area contributed by atoms with Crippen molar-refractivity contribution in [1.82, 2.24) is 4.98 Å².